The molecule has 0 aliphatic carbocycles. The van der Waals surface area contributed by atoms with Gasteiger partial charge in [0.25, 0.3) is 0 Å². The molecule has 2 heterocycles. The molecule has 1 aromatic heterocycles. The normalized spacial score (nSPS) is 15.0. The van der Waals surface area contributed by atoms with Gasteiger partial charge in [0, 0.05) is 61.3 Å². The van der Waals surface area contributed by atoms with Gasteiger partial charge in [0.15, 0.2) is 18.8 Å². The summed E-state index contributed by atoms with van der Waals surface area (Å²) >= 11 is 5.99. The smallest absolute Gasteiger partial charge is 0.161 e. The van der Waals surface area contributed by atoms with Crippen LogP contribution in [-0.2, 0) is 14.2 Å². The van der Waals surface area contributed by atoms with Gasteiger partial charge in [-0.3, -0.25) is 14.7 Å². The molecule has 0 saturated carbocycles. The summed E-state index contributed by atoms with van der Waals surface area (Å²) in [6.45, 7) is 10.7. The summed E-state index contributed by atoms with van der Waals surface area (Å²) in [5.41, 5.74) is 2.66. The lowest BCUT2D eigenvalue weighted by Crippen LogP contribution is -2.38. The van der Waals surface area contributed by atoms with E-state index in [1.807, 2.05) is 37.1 Å². The van der Waals surface area contributed by atoms with Crippen LogP contribution >= 0.6 is 11.6 Å². The maximum absolute atomic E-state index is 11.6. The average Bonchev–Trinajstić information content (AvgIpc) is 2.93. The first-order chi connectivity index (χ1) is 17.9. The van der Waals surface area contributed by atoms with Gasteiger partial charge in [-0.15, -0.1) is 0 Å². The molecule has 0 amide bonds. The van der Waals surface area contributed by atoms with E-state index < -0.39 is 0 Å². The number of benzene rings is 1. The zero-order valence-electron chi connectivity index (χ0n) is 21.6. The van der Waals surface area contributed by atoms with Crippen molar-refractivity contribution >= 4 is 17.9 Å². The summed E-state index contributed by atoms with van der Waals surface area (Å²) in [4.78, 5) is 20.1. The number of aromatic nitrogens is 1. The van der Waals surface area contributed by atoms with Crippen molar-refractivity contribution in [3.63, 3.8) is 0 Å². The third kappa shape index (κ3) is 8.35. The topological polar surface area (TPSA) is 73.4 Å². The lowest BCUT2D eigenvalue weighted by Gasteiger charge is -2.26. The molecule has 2 aromatic rings. The third-order valence-electron chi connectivity index (χ3n) is 5.90. The molecule has 1 aliphatic heterocycles. The van der Waals surface area contributed by atoms with Crippen LogP contribution in [0.3, 0.4) is 0 Å². The maximum Gasteiger partial charge on any atom is 0.161 e. The molecular formula is C28H34ClN3O5. The van der Waals surface area contributed by atoms with E-state index >= 15 is 0 Å². The minimum Gasteiger partial charge on any atom is -0.493 e. The van der Waals surface area contributed by atoms with E-state index in [0.717, 1.165) is 50.4 Å². The Morgan fingerprint density at radius 1 is 1.27 bits per heavy atom. The first-order valence-corrected chi connectivity index (χ1v) is 12.4. The fraction of sp³-hybridized carbons (Fsp3) is 0.357. The van der Waals surface area contributed by atoms with Crippen molar-refractivity contribution in [3.05, 3.63) is 83.1 Å². The quantitative estimate of drug-likeness (QED) is 0.159. The highest BCUT2D eigenvalue weighted by Crippen LogP contribution is 2.26. The predicted molar refractivity (Wildman–Crippen MR) is 145 cm³/mol. The number of rotatable bonds is 13. The SMILES string of the molecule is C=C/C(=C\C(OC)=C(/C)OCCN1CCOCC1)N(C)COc1cc(-c2ccc(Cl)cc2)ncc1C=O. The van der Waals surface area contributed by atoms with Gasteiger partial charge < -0.3 is 23.8 Å². The standard InChI is InChI=1S/C28H34ClN3O5/c1-5-25(16-27(34-4)21(2)36-15-12-32-10-13-35-14-11-32)31(3)20-37-28-17-26(30-18-23(28)19-33)22-6-8-24(29)9-7-22/h5-9,16-19H,1,10-15,20H2,2-4H3/b25-16+,27-21-. The zero-order chi connectivity index (χ0) is 26.6. The van der Waals surface area contributed by atoms with E-state index in [2.05, 4.69) is 16.5 Å². The van der Waals surface area contributed by atoms with E-state index in [0.29, 0.717) is 40.2 Å². The van der Waals surface area contributed by atoms with Crippen LogP contribution in [0.1, 0.15) is 17.3 Å². The number of pyridine rings is 1. The van der Waals surface area contributed by atoms with E-state index in [-0.39, 0.29) is 6.73 Å². The van der Waals surface area contributed by atoms with Gasteiger partial charge in [0.1, 0.15) is 18.1 Å². The van der Waals surface area contributed by atoms with Crippen LogP contribution in [0.15, 0.2) is 72.5 Å². The Balaban J connectivity index is 1.66. The number of morpholine rings is 1. The van der Waals surface area contributed by atoms with E-state index in [9.17, 15) is 4.79 Å². The van der Waals surface area contributed by atoms with Crippen LogP contribution < -0.4 is 4.74 Å². The Morgan fingerprint density at radius 2 is 2.00 bits per heavy atom. The van der Waals surface area contributed by atoms with Gasteiger partial charge in [-0.2, -0.15) is 0 Å². The average molecular weight is 528 g/mol. The van der Waals surface area contributed by atoms with Gasteiger partial charge >= 0.3 is 0 Å². The van der Waals surface area contributed by atoms with Crippen molar-refractivity contribution in [3.8, 4) is 17.0 Å². The highest BCUT2D eigenvalue weighted by molar-refractivity contribution is 6.30. The predicted octanol–water partition coefficient (Wildman–Crippen LogP) is 4.78. The molecule has 9 heteroatoms. The molecule has 8 nitrogen and oxygen atoms in total. The van der Waals surface area contributed by atoms with Gasteiger partial charge in [-0.1, -0.05) is 30.3 Å². The summed E-state index contributed by atoms with van der Waals surface area (Å²) in [6.07, 6.45) is 5.77. The number of halogens is 1. The largest absolute Gasteiger partial charge is 0.493 e. The fourth-order valence-electron chi connectivity index (χ4n) is 3.67. The van der Waals surface area contributed by atoms with Crippen LogP contribution in [0.25, 0.3) is 11.3 Å². The third-order valence-corrected chi connectivity index (χ3v) is 6.15. The monoisotopic (exact) mass is 527 g/mol. The summed E-state index contributed by atoms with van der Waals surface area (Å²) < 4.78 is 22.9. The molecule has 198 valence electrons. The Bertz CT molecular complexity index is 1110. The van der Waals surface area contributed by atoms with E-state index in [1.165, 1.54) is 6.20 Å². The van der Waals surface area contributed by atoms with Gasteiger partial charge in [0.05, 0.1) is 31.6 Å². The second-order valence-electron chi connectivity index (χ2n) is 8.40. The number of carbonyl (C=O) groups is 1. The number of likely N-dealkylation sites (N-methyl/N-ethyl adjacent to an activating group) is 1. The highest BCUT2D eigenvalue weighted by atomic mass is 35.5. The molecule has 0 unspecified atom stereocenters. The van der Waals surface area contributed by atoms with E-state index in [4.69, 9.17) is 30.5 Å². The number of ether oxygens (including phenoxy) is 4. The fourth-order valence-corrected chi connectivity index (χ4v) is 3.79. The zero-order valence-corrected chi connectivity index (χ0v) is 22.4. The number of allylic oxidation sites excluding steroid dienone is 3. The number of hydrogen-bond donors (Lipinski definition) is 0. The van der Waals surface area contributed by atoms with Gasteiger partial charge in [-0.05, 0) is 25.1 Å². The summed E-state index contributed by atoms with van der Waals surface area (Å²) in [6, 6.07) is 9.05. The molecule has 37 heavy (non-hydrogen) atoms. The van der Waals surface area contributed by atoms with Crippen molar-refractivity contribution in [2.75, 3.05) is 60.3 Å². The second-order valence-corrected chi connectivity index (χ2v) is 8.84. The molecular weight excluding hydrogens is 494 g/mol. The molecule has 0 N–H and O–H groups in total. The minimum absolute atomic E-state index is 0.163. The Labute approximate surface area is 223 Å². The number of nitrogens with zero attached hydrogens (tertiary/aromatic N) is 3. The van der Waals surface area contributed by atoms with Crippen LogP contribution in [0.5, 0.6) is 5.75 Å². The molecule has 0 atom stereocenters. The van der Waals surface area contributed by atoms with Crippen molar-refractivity contribution in [2.45, 2.75) is 6.92 Å². The van der Waals surface area contributed by atoms with Crippen molar-refractivity contribution < 1.29 is 23.7 Å². The maximum atomic E-state index is 11.6. The minimum atomic E-state index is 0.163. The Hall–Kier alpha value is -3.33. The highest BCUT2D eigenvalue weighted by Gasteiger charge is 2.13. The first-order valence-electron chi connectivity index (χ1n) is 12.0. The number of methoxy groups -OCH3 is 1. The second kappa shape index (κ2) is 14.4. The van der Waals surface area contributed by atoms with Gasteiger partial charge in [0.2, 0.25) is 0 Å². The first kappa shape index (κ1) is 28.2. The van der Waals surface area contributed by atoms with Gasteiger partial charge in [-0.25, -0.2) is 0 Å². The number of aldehydes is 1. The van der Waals surface area contributed by atoms with Crippen LogP contribution in [0.4, 0.5) is 0 Å². The summed E-state index contributed by atoms with van der Waals surface area (Å²) in [5, 5.41) is 0.636. The molecule has 0 bridgehead atoms. The molecule has 0 radical (unpaired) electrons. The molecule has 1 aliphatic rings. The number of hydrogen-bond acceptors (Lipinski definition) is 8. The van der Waals surface area contributed by atoms with Crippen LogP contribution in [0, 0.1) is 0 Å². The lowest BCUT2D eigenvalue weighted by atomic mass is 10.1. The summed E-state index contributed by atoms with van der Waals surface area (Å²) in [7, 11) is 3.46. The Kier molecular flexibility index (Phi) is 11.0. The molecule has 1 fully saturated rings. The lowest BCUT2D eigenvalue weighted by molar-refractivity contribution is 0.0268. The van der Waals surface area contributed by atoms with Crippen LogP contribution in [-0.4, -0.2) is 81.4 Å². The van der Waals surface area contributed by atoms with Crippen molar-refractivity contribution in [1.29, 1.82) is 0 Å². The van der Waals surface area contributed by atoms with Crippen molar-refractivity contribution in [1.82, 2.24) is 14.8 Å². The summed E-state index contributed by atoms with van der Waals surface area (Å²) in [5.74, 6) is 1.69. The van der Waals surface area contributed by atoms with E-state index in [1.54, 1.807) is 31.4 Å². The number of carbonyl (C=O) groups excluding carboxylic acids is 1. The molecule has 0 spiro atoms. The van der Waals surface area contributed by atoms with Crippen LogP contribution in [0.2, 0.25) is 5.02 Å². The molecule has 1 saturated heterocycles. The Morgan fingerprint density at radius 3 is 2.65 bits per heavy atom. The molecule has 3 rings (SSSR count). The molecule has 1 aromatic carbocycles. The van der Waals surface area contributed by atoms with Crippen molar-refractivity contribution in [2.24, 2.45) is 0 Å².